The molecule has 0 aliphatic heterocycles. The fourth-order valence-electron chi connectivity index (χ4n) is 10.6. The predicted octanol–water partition coefficient (Wildman–Crippen LogP) is 16.2. The molecule has 2 aliphatic rings. The van der Waals surface area contributed by atoms with Crippen molar-refractivity contribution in [3.8, 4) is 44.8 Å². The van der Waals surface area contributed by atoms with Crippen LogP contribution in [0, 0.1) is 0 Å². The van der Waals surface area contributed by atoms with Crippen LogP contribution in [0.4, 0.5) is 0 Å². The van der Waals surface area contributed by atoms with Gasteiger partial charge in [-0.05, 0) is 127 Å². The monoisotopic (exact) mass is 1040 g/mol. The SMILES string of the molecule is CC(c1cccc2ccccc12)N(C(=O)Cn1cc(-c2ccc(Cl)cc2Cl)nc1C=C1c2ccccc2-c2ccccc21)C(C(=O)O)n1cc(-c2ccc(Cl)cc2Cl)nc1C=C1c2ccccc2-c2ccccc21. The Morgan fingerprint density at radius 3 is 1.50 bits per heavy atom. The molecule has 0 saturated carbocycles. The van der Waals surface area contributed by atoms with Crippen LogP contribution in [0.25, 0.3) is 78.8 Å². The van der Waals surface area contributed by atoms with E-state index in [-0.39, 0.29) is 12.4 Å². The van der Waals surface area contributed by atoms with Crippen LogP contribution in [0.2, 0.25) is 20.1 Å². The number of nitrogens with zero attached hydrogens (tertiary/aromatic N) is 5. The summed E-state index contributed by atoms with van der Waals surface area (Å²) in [6.45, 7) is 1.55. The quantitative estimate of drug-likeness (QED) is 0.139. The van der Waals surface area contributed by atoms with E-state index in [0.717, 1.165) is 72.0 Å². The normalized spacial score (nSPS) is 13.0. The van der Waals surface area contributed by atoms with Crippen LogP contribution >= 0.6 is 46.4 Å². The van der Waals surface area contributed by atoms with E-state index < -0.39 is 24.1 Å². The number of hydrogen-bond donors (Lipinski definition) is 1. The lowest BCUT2D eigenvalue weighted by molar-refractivity contribution is -0.157. The Kier molecular flexibility index (Phi) is 12.2. The maximum absolute atomic E-state index is 16.0. The average Bonchev–Trinajstić information content (AvgIpc) is 4.17. The smallest absolute Gasteiger partial charge is 0.348 e. The molecule has 8 nitrogen and oxygen atoms in total. The summed E-state index contributed by atoms with van der Waals surface area (Å²) in [6, 6.07) is 55.8. The van der Waals surface area contributed by atoms with Gasteiger partial charge in [0.15, 0.2) is 0 Å². The molecular weight excluding hydrogens is 1000 g/mol. The van der Waals surface area contributed by atoms with Gasteiger partial charge in [-0.3, -0.25) is 9.36 Å². The third-order valence-electron chi connectivity index (χ3n) is 14.0. The Balaban J connectivity index is 1.06. The number of imidazole rings is 2. The maximum atomic E-state index is 16.0. The summed E-state index contributed by atoms with van der Waals surface area (Å²) >= 11 is 26.6. The molecule has 0 spiro atoms. The predicted molar refractivity (Wildman–Crippen MR) is 299 cm³/mol. The number of carboxylic acid groups (broad SMARTS) is 1. The minimum Gasteiger partial charge on any atom is -0.478 e. The minimum absolute atomic E-state index is 0.286. The van der Waals surface area contributed by atoms with E-state index in [1.807, 2.05) is 122 Å². The number of rotatable bonds is 11. The first-order valence-electron chi connectivity index (χ1n) is 23.9. The van der Waals surface area contributed by atoms with E-state index in [4.69, 9.17) is 56.4 Å². The summed E-state index contributed by atoms with van der Waals surface area (Å²) in [6.07, 6.45) is 5.67. The van der Waals surface area contributed by atoms with Crippen LogP contribution < -0.4 is 0 Å². The second-order valence-corrected chi connectivity index (χ2v) is 20.0. The van der Waals surface area contributed by atoms with E-state index in [1.54, 1.807) is 57.9 Å². The van der Waals surface area contributed by atoms with E-state index in [1.165, 1.54) is 4.90 Å². The Hall–Kier alpha value is -7.98. The number of hydrogen-bond acceptors (Lipinski definition) is 4. The summed E-state index contributed by atoms with van der Waals surface area (Å²) in [5.74, 6) is -1.05. The molecule has 2 atom stereocenters. The summed E-state index contributed by atoms with van der Waals surface area (Å²) in [5.41, 5.74) is 12.8. The number of carbonyl (C=O) groups excluding carboxylic acids is 1. The molecule has 0 radical (unpaired) electrons. The van der Waals surface area contributed by atoms with Gasteiger partial charge in [0, 0.05) is 33.6 Å². The van der Waals surface area contributed by atoms with Gasteiger partial charge in [0.25, 0.3) is 0 Å². The summed E-state index contributed by atoms with van der Waals surface area (Å²) in [7, 11) is 0. The third-order valence-corrected chi connectivity index (χ3v) is 15.1. The molecule has 8 aromatic carbocycles. The van der Waals surface area contributed by atoms with Crippen LogP contribution in [0.15, 0.2) is 188 Å². The van der Waals surface area contributed by atoms with Crippen LogP contribution in [-0.4, -0.2) is 41.0 Å². The average molecular weight is 1050 g/mol. The lowest BCUT2D eigenvalue weighted by atomic mass is 9.98. The zero-order valence-corrected chi connectivity index (χ0v) is 42.4. The molecule has 2 unspecified atom stereocenters. The Morgan fingerprint density at radius 1 is 0.541 bits per heavy atom. The molecule has 2 aromatic heterocycles. The lowest BCUT2D eigenvalue weighted by Crippen LogP contribution is -2.45. The van der Waals surface area contributed by atoms with E-state index >= 15 is 4.79 Å². The first kappa shape index (κ1) is 47.1. The van der Waals surface area contributed by atoms with Gasteiger partial charge in [-0.2, -0.15) is 0 Å². The van der Waals surface area contributed by atoms with Crippen molar-refractivity contribution in [2.24, 2.45) is 0 Å². The van der Waals surface area contributed by atoms with Gasteiger partial charge < -0.3 is 14.6 Å². The van der Waals surface area contributed by atoms with Crippen molar-refractivity contribution in [3.05, 3.63) is 248 Å². The highest BCUT2D eigenvalue weighted by Crippen LogP contribution is 2.47. The number of fused-ring (bicyclic) bond motifs is 7. The second-order valence-electron chi connectivity index (χ2n) is 18.3. The summed E-state index contributed by atoms with van der Waals surface area (Å²) in [5, 5.41) is 15.3. The number of aromatic nitrogens is 4. The second kappa shape index (κ2) is 19.1. The van der Waals surface area contributed by atoms with Crippen LogP contribution in [0.1, 0.15) is 58.6 Å². The number of aliphatic carboxylic acids is 1. The van der Waals surface area contributed by atoms with Crippen molar-refractivity contribution in [1.29, 1.82) is 0 Å². The Morgan fingerprint density at radius 2 is 0.986 bits per heavy atom. The van der Waals surface area contributed by atoms with Crippen molar-refractivity contribution in [3.63, 3.8) is 0 Å². The number of carboxylic acids is 1. The first-order valence-corrected chi connectivity index (χ1v) is 25.4. The number of carbonyl (C=O) groups is 2. The number of amides is 1. The molecule has 0 fully saturated rings. The van der Waals surface area contributed by atoms with Crippen molar-refractivity contribution in [2.45, 2.75) is 25.7 Å². The maximum Gasteiger partial charge on any atom is 0.348 e. The highest BCUT2D eigenvalue weighted by molar-refractivity contribution is 6.37. The van der Waals surface area contributed by atoms with Gasteiger partial charge in [-0.1, -0.05) is 186 Å². The highest BCUT2D eigenvalue weighted by atomic mass is 35.5. The van der Waals surface area contributed by atoms with Crippen LogP contribution in [0.5, 0.6) is 0 Å². The van der Waals surface area contributed by atoms with Crippen molar-refractivity contribution in [1.82, 2.24) is 24.0 Å². The fraction of sp³-hybridized carbons (Fsp3) is 0.0645. The third kappa shape index (κ3) is 8.30. The van der Waals surface area contributed by atoms with Gasteiger partial charge in [0.2, 0.25) is 12.1 Å². The largest absolute Gasteiger partial charge is 0.478 e. The summed E-state index contributed by atoms with van der Waals surface area (Å²) in [4.78, 5) is 42.4. The highest BCUT2D eigenvalue weighted by Gasteiger charge is 2.39. The molecule has 12 heteroatoms. The molecule has 0 saturated heterocycles. The minimum atomic E-state index is -1.66. The number of halogens is 4. The van der Waals surface area contributed by atoms with Crippen molar-refractivity contribution in [2.75, 3.05) is 0 Å². The molecular formula is C62H41Cl4N5O3. The van der Waals surface area contributed by atoms with Gasteiger partial charge in [-0.15, -0.1) is 0 Å². The first-order chi connectivity index (χ1) is 36.0. The van der Waals surface area contributed by atoms with Gasteiger partial charge in [0.1, 0.15) is 18.2 Å². The Labute approximate surface area is 446 Å². The zero-order valence-electron chi connectivity index (χ0n) is 39.4. The van der Waals surface area contributed by atoms with E-state index in [0.29, 0.717) is 48.4 Å². The van der Waals surface area contributed by atoms with Crippen molar-refractivity contribution >= 4 is 92.4 Å². The molecule has 2 aliphatic carbocycles. The fourth-order valence-corrected chi connectivity index (χ4v) is 11.6. The molecule has 10 aromatic rings. The molecule has 360 valence electrons. The van der Waals surface area contributed by atoms with Crippen LogP contribution in [0.3, 0.4) is 0 Å². The lowest BCUT2D eigenvalue weighted by Gasteiger charge is -2.36. The zero-order chi connectivity index (χ0) is 50.8. The Bertz CT molecular complexity index is 3900. The van der Waals surface area contributed by atoms with E-state index in [9.17, 15) is 9.90 Å². The summed E-state index contributed by atoms with van der Waals surface area (Å²) < 4.78 is 3.34. The topological polar surface area (TPSA) is 93.3 Å². The molecule has 0 bridgehead atoms. The molecule has 1 N–H and O–H groups in total. The molecule has 2 heterocycles. The van der Waals surface area contributed by atoms with Gasteiger partial charge >= 0.3 is 5.97 Å². The molecule has 12 rings (SSSR count). The van der Waals surface area contributed by atoms with Crippen molar-refractivity contribution < 1.29 is 14.7 Å². The van der Waals surface area contributed by atoms with Gasteiger partial charge in [0.05, 0.1) is 27.5 Å². The van der Waals surface area contributed by atoms with E-state index in [2.05, 4.69) is 36.4 Å². The molecule has 74 heavy (non-hydrogen) atoms. The molecule has 1 amide bonds. The van der Waals surface area contributed by atoms with Gasteiger partial charge in [-0.25, -0.2) is 14.8 Å². The number of benzene rings is 8. The standard InChI is InChI=1S/C62H41Cl4N5O3/c1-36(40-24-12-14-37-13-2-3-15-41(37)40)71(60(72)35-69-33-56(50-27-25-38(63)29-54(50)65)67-58(69)31-52-46-20-8-4-16-42(46)43-17-5-9-21-47(43)52)61(62(73)74)70-34-57(51-28-26-39(64)30-55(51)66)68-59(70)32-53-48-22-10-6-18-44(48)45-19-7-11-23-49(45)53/h2-34,36,61H,35H2,1H3,(H,73,74). The van der Waals surface area contributed by atoms with Crippen LogP contribution in [-0.2, 0) is 16.1 Å².